The third kappa shape index (κ3) is 3.30. The predicted molar refractivity (Wildman–Crippen MR) is 84.6 cm³/mol. The van der Waals surface area contributed by atoms with Crippen LogP contribution in [0, 0.1) is 3.57 Å². The molecule has 0 atom stereocenters. The van der Waals surface area contributed by atoms with Gasteiger partial charge in [-0.25, -0.2) is 0 Å². The molecule has 0 fully saturated rings. The highest BCUT2D eigenvalue weighted by Gasteiger charge is 2.12. The maximum absolute atomic E-state index is 12.1. The van der Waals surface area contributed by atoms with Crippen molar-refractivity contribution in [2.24, 2.45) is 0 Å². The molecule has 1 amide bonds. The number of nitrogens with one attached hydrogen (secondary N) is 1. The molecule has 19 heavy (non-hydrogen) atoms. The van der Waals surface area contributed by atoms with Crippen LogP contribution in [0.1, 0.15) is 10.4 Å². The van der Waals surface area contributed by atoms with Gasteiger partial charge in [0.05, 0.1) is 16.3 Å². The van der Waals surface area contributed by atoms with E-state index >= 15 is 0 Å². The lowest BCUT2D eigenvalue weighted by Crippen LogP contribution is -2.14. The summed E-state index contributed by atoms with van der Waals surface area (Å²) in [5.74, 6) is -0.440. The first-order chi connectivity index (χ1) is 8.97. The summed E-state index contributed by atoms with van der Waals surface area (Å²) in [7, 11) is 0. The van der Waals surface area contributed by atoms with Gasteiger partial charge in [-0.2, -0.15) is 0 Å². The third-order valence-electron chi connectivity index (χ3n) is 2.46. The van der Waals surface area contributed by atoms with Crippen molar-refractivity contribution in [3.8, 4) is 5.75 Å². The number of halogens is 2. The summed E-state index contributed by atoms with van der Waals surface area (Å²) < 4.78 is 0.970. The molecule has 0 bridgehead atoms. The molecule has 0 aliphatic heterocycles. The topological polar surface area (TPSA) is 75.3 Å². The number of phenolic OH excluding ortho intramolecular Hbond substituents is 1. The highest BCUT2D eigenvalue weighted by molar-refractivity contribution is 14.1. The predicted octanol–water partition coefficient (Wildman–Crippen LogP) is 3.48. The Morgan fingerprint density at radius 2 is 2.00 bits per heavy atom. The van der Waals surface area contributed by atoms with Gasteiger partial charge in [0.25, 0.3) is 5.91 Å². The van der Waals surface area contributed by atoms with E-state index < -0.39 is 5.91 Å². The Kier molecular flexibility index (Phi) is 4.16. The van der Waals surface area contributed by atoms with Crippen molar-refractivity contribution >= 4 is 51.5 Å². The van der Waals surface area contributed by atoms with Gasteiger partial charge in [0.1, 0.15) is 5.75 Å². The van der Waals surface area contributed by atoms with E-state index in [-0.39, 0.29) is 17.0 Å². The second kappa shape index (κ2) is 5.66. The van der Waals surface area contributed by atoms with E-state index in [9.17, 15) is 9.90 Å². The summed E-state index contributed by atoms with van der Waals surface area (Å²) in [5, 5.41) is 12.5. The summed E-state index contributed by atoms with van der Waals surface area (Å²) in [5.41, 5.74) is 6.69. The van der Waals surface area contributed by atoms with Gasteiger partial charge in [0.2, 0.25) is 0 Å². The average molecular weight is 389 g/mol. The monoisotopic (exact) mass is 388 g/mol. The van der Waals surface area contributed by atoms with Crippen LogP contribution in [0.25, 0.3) is 0 Å². The fourth-order valence-corrected chi connectivity index (χ4v) is 2.42. The standard InChI is InChI=1S/C13H10ClIN2O2/c14-10-5-7(15)1-4-12(10)17-13(19)9-6-8(18)2-3-11(9)16/h1-6,18H,16H2,(H,17,19). The molecule has 2 rings (SSSR count). The number of benzene rings is 2. The molecule has 0 saturated heterocycles. The average Bonchev–Trinajstić information content (AvgIpc) is 2.35. The Bertz CT molecular complexity index is 647. The molecule has 4 nitrogen and oxygen atoms in total. The van der Waals surface area contributed by atoms with E-state index in [2.05, 4.69) is 27.9 Å². The van der Waals surface area contributed by atoms with Crippen LogP contribution in [-0.2, 0) is 0 Å². The summed E-state index contributed by atoms with van der Waals surface area (Å²) in [6.07, 6.45) is 0. The van der Waals surface area contributed by atoms with Crippen molar-refractivity contribution in [2.75, 3.05) is 11.1 Å². The number of anilines is 2. The van der Waals surface area contributed by atoms with Gasteiger partial charge in [-0.05, 0) is 59.0 Å². The number of carbonyl (C=O) groups excluding carboxylic acids is 1. The lowest BCUT2D eigenvalue weighted by atomic mass is 10.1. The van der Waals surface area contributed by atoms with Gasteiger partial charge < -0.3 is 16.2 Å². The van der Waals surface area contributed by atoms with Crippen molar-refractivity contribution in [3.63, 3.8) is 0 Å². The number of nitrogen functional groups attached to an aromatic ring is 1. The summed E-state index contributed by atoms with van der Waals surface area (Å²) in [4.78, 5) is 12.1. The third-order valence-corrected chi connectivity index (χ3v) is 3.44. The van der Waals surface area contributed by atoms with Crippen molar-refractivity contribution in [1.82, 2.24) is 0 Å². The van der Waals surface area contributed by atoms with Gasteiger partial charge in [-0.1, -0.05) is 11.6 Å². The van der Waals surface area contributed by atoms with E-state index in [1.165, 1.54) is 18.2 Å². The molecule has 0 aromatic heterocycles. The second-order valence-corrected chi connectivity index (χ2v) is 5.50. The Morgan fingerprint density at radius 3 is 2.68 bits per heavy atom. The number of rotatable bonds is 2. The van der Waals surface area contributed by atoms with Gasteiger partial charge in [0, 0.05) is 9.26 Å². The maximum atomic E-state index is 12.1. The van der Waals surface area contributed by atoms with E-state index in [0.717, 1.165) is 3.57 Å². The highest BCUT2D eigenvalue weighted by Crippen LogP contribution is 2.26. The Balaban J connectivity index is 2.28. The van der Waals surface area contributed by atoms with Crippen LogP contribution >= 0.6 is 34.2 Å². The number of nitrogens with two attached hydrogens (primary N) is 1. The number of hydrogen-bond donors (Lipinski definition) is 3. The first kappa shape index (κ1) is 14.0. The van der Waals surface area contributed by atoms with E-state index in [1.807, 2.05) is 6.07 Å². The minimum atomic E-state index is -0.420. The molecule has 0 aliphatic rings. The fraction of sp³-hybridized carbons (Fsp3) is 0. The van der Waals surface area contributed by atoms with Crippen molar-refractivity contribution in [1.29, 1.82) is 0 Å². The quantitative estimate of drug-likeness (QED) is 0.419. The lowest BCUT2D eigenvalue weighted by Gasteiger charge is -2.09. The maximum Gasteiger partial charge on any atom is 0.257 e. The number of amides is 1. The molecule has 98 valence electrons. The molecule has 2 aromatic rings. The molecule has 0 saturated carbocycles. The molecule has 0 heterocycles. The summed E-state index contributed by atoms with van der Waals surface area (Å²) in [6, 6.07) is 9.48. The zero-order valence-corrected chi connectivity index (χ0v) is 12.6. The molecule has 0 unspecified atom stereocenters. The lowest BCUT2D eigenvalue weighted by molar-refractivity contribution is 0.102. The van der Waals surface area contributed by atoms with E-state index in [0.29, 0.717) is 10.7 Å². The fourth-order valence-electron chi connectivity index (χ4n) is 1.52. The van der Waals surface area contributed by atoms with Gasteiger partial charge in [-0.3, -0.25) is 4.79 Å². The van der Waals surface area contributed by atoms with Crippen molar-refractivity contribution in [3.05, 3.63) is 50.6 Å². The molecule has 6 heteroatoms. The molecular weight excluding hydrogens is 379 g/mol. The van der Waals surface area contributed by atoms with Crippen LogP contribution in [0.4, 0.5) is 11.4 Å². The smallest absolute Gasteiger partial charge is 0.257 e. The molecule has 4 N–H and O–H groups in total. The molecule has 0 aliphatic carbocycles. The normalized spacial score (nSPS) is 10.2. The van der Waals surface area contributed by atoms with Crippen molar-refractivity contribution < 1.29 is 9.90 Å². The molecule has 2 aromatic carbocycles. The summed E-state index contributed by atoms with van der Waals surface area (Å²) in [6.45, 7) is 0. The first-order valence-corrected chi connectivity index (χ1v) is 6.78. The van der Waals surface area contributed by atoms with Crippen LogP contribution < -0.4 is 11.1 Å². The largest absolute Gasteiger partial charge is 0.508 e. The van der Waals surface area contributed by atoms with Gasteiger partial charge in [0.15, 0.2) is 0 Å². The number of hydrogen-bond acceptors (Lipinski definition) is 3. The van der Waals surface area contributed by atoms with Crippen LogP contribution in [0.15, 0.2) is 36.4 Å². The van der Waals surface area contributed by atoms with Crippen LogP contribution in [0.2, 0.25) is 5.02 Å². The van der Waals surface area contributed by atoms with Gasteiger partial charge >= 0.3 is 0 Å². The van der Waals surface area contributed by atoms with E-state index in [1.54, 1.807) is 12.1 Å². The Labute approximate surface area is 128 Å². The molecule has 0 radical (unpaired) electrons. The van der Waals surface area contributed by atoms with Crippen LogP contribution in [-0.4, -0.2) is 11.0 Å². The zero-order chi connectivity index (χ0) is 14.0. The number of aromatic hydroxyl groups is 1. The first-order valence-electron chi connectivity index (χ1n) is 5.32. The minimum Gasteiger partial charge on any atom is -0.508 e. The van der Waals surface area contributed by atoms with Crippen LogP contribution in [0.5, 0.6) is 5.75 Å². The molecule has 0 spiro atoms. The number of carbonyl (C=O) groups is 1. The number of phenols is 1. The molecular formula is C13H10ClIN2O2. The second-order valence-electron chi connectivity index (χ2n) is 3.85. The van der Waals surface area contributed by atoms with E-state index in [4.69, 9.17) is 17.3 Å². The summed E-state index contributed by atoms with van der Waals surface area (Å²) >= 11 is 8.16. The van der Waals surface area contributed by atoms with Crippen LogP contribution in [0.3, 0.4) is 0 Å². The highest BCUT2D eigenvalue weighted by atomic mass is 127. The SMILES string of the molecule is Nc1ccc(O)cc1C(=O)Nc1ccc(I)cc1Cl. The van der Waals surface area contributed by atoms with Crippen molar-refractivity contribution in [2.45, 2.75) is 0 Å². The minimum absolute atomic E-state index is 0.0203. The Hall–Kier alpha value is -1.47. The zero-order valence-electron chi connectivity index (χ0n) is 9.65. The van der Waals surface area contributed by atoms with Gasteiger partial charge in [-0.15, -0.1) is 0 Å². The Morgan fingerprint density at radius 1 is 1.26 bits per heavy atom.